The van der Waals surface area contributed by atoms with Crippen LogP contribution < -0.4 is 10.6 Å². The summed E-state index contributed by atoms with van der Waals surface area (Å²) < 4.78 is 33.7. The molecular formula is C19H21F3N8O3S. The predicted octanol–water partition coefficient (Wildman–Crippen LogP) is 2.64. The van der Waals surface area contributed by atoms with Crippen LogP contribution in [0, 0.1) is 5.92 Å². The van der Waals surface area contributed by atoms with Crippen LogP contribution in [0.25, 0.3) is 10.7 Å². The summed E-state index contributed by atoms with van der Waals surface area (Å²) in [6.07, 6.45) is 5.48. The maximum absolute atomic E-state index is 12.5. The standard InChI is InChI=1S/C17H20N8OS.C2HF3O2/c1-11(12-2-4-18-5-3-12)25-10-13(8-21-25)22-15(26)17-24-23-16(27-17)14-9-19-6-7-20-14;3-2(4,5)1(6)7/h6-12,18H,2-5H2,1H3,(H,22,26);(H,6,7). The highest BCUT2D eigenvalue weighted by atomic mass is 32.1. The number of piperidine rings is 1. The summed E-state index contributed by atoms with van der Waals surface area (Å²) in [7, 11) is 0. The van der Waals surface area contributed by atoms with Gasteiger partial charge in [-0.2, -0.15) is 18.3 Å². The molecule has 1 aliphatic heterocycles. The molecule has 182 valence electrons. The van der Waals surface area contributed by atoms with Crippen molar-refractivity contribution < 1.29 is 27.9 Å². The molecule has 0 saturated carbocycles. The van der Waals surface area contributed by atoms with Crippen LogP contribution in [0.1, 0.15) is 35.6 Å². The number of carboxylic acid groups (broad SMARTS) is 1. The minimum absolute atomic E-state index is 0.273. The Bertz CT molecular complexity index is 1100. The van der Waals surface area contributed by atoms with Gasteiger partial charge >= 0.3 is 12.1 Å². The van der Waals surface area contributed by atoms with Crippen LogP contribution in [0.4, 0.5) is 18.9 Å². The van der Waals surface area contributed by atoms with Gasteiger partial charge in [0.25, 0.3) is 5.91 Å². The molecule has 1 unspecified atom stereocenters. The van der Waals surface area contributed by atoms with E-state index >= 15 is 0 Å². The average molecular weight is 498 g/mol. The molecule has 1 atom stereocenters. The third-order valence-electron chi connectivity index (χ3n) is 4.99. The normalized spacial score (nSPS) is 15.2. The second-order valence-electron chi connectivity index (χ2n) is 7.30. The summed E-state index contributed by atoms with van der Waals surface area (Å²) >= 11 is 1.18. The lowest BCUT2D eigenvalue weighted by Crippen LogP contribution is -2.31. The first-order chi connectivity index (χ1) is 16.1. The molecule has 0 aliphatic carbocycles. The van der Waals surface area contributed by atoms with Crippen molar-refractivity contribution in [2.45, 2.75) is 32.0 Å². The molecule has 3 aromatic heterocycles. The number of nitrogens with zero attached hydrogens (tertiary/aromatic N) is 6. The predicted molar refractivity (Wildman–Crippen MR) is 115 cm³/mol. The molecular weight excluding hydrogens is 477 g/mol. The van der Waals surface area contributed by atoms with Gasteiger partial charge in [-0.15, -0.1) is 10.2 Å². The van der Waals surface area contributed by atoms with Crippen LogP contribution in [0.3, 0.4) is 0 Å². The average Bonchev–Trinajstić information content (AvgIpc) is 3.50. The van der Waals surface area contributed by atoms with E-state index < -0.39 is 12.1 Å². The van der Waals surface area contributed by atoms with E-state index in [1.54, 1.807) is 24.8 Å². The van der Waals surface area contributed by atoms with Crippen molar-refractivity contribution in [1.82, 2.24) is 35.3 Å². The number of nitrogens with one attached hydrogen (secondary N) is 2. The number of alkyl halides is 3. The summed E-state index contributed by atoms with van der Waals surface area (Å²) in [5.41, 5.74) is 1.25. The first kappa shape index (κ1) is 25.2. The smallest absolute Gasteiger partial charge is 0.475 e. The van der Waals surface area contributed by atoms with Gasteiger partial charge in [-0.3, -0.25) is 19.4 Å². The molecule has 1 amide bonds. The molecule has 11 nitrogen and oxygen atoms in total. The highest BCUT2D eigenvalue weighted by Gasteiger charge is 2.38. The van der Waals surface area contributed by atoms with Crippen LogP contribution in [-0.4, -0.2) is 66.2 Å². The number of anilines is 1. The number of carbonyl (C=O) groups excluding carboxylic acids is 1. The molecule has 0 bridgehead atoms. The number of halogens is 3. The summed E-state index contributed by atoms with van der Waals surface area (Å²) in [5, 5.41) is 26.6. The van der Waals surface area contributed by atoms with Crippen molar-refractivity contribution in [1.29, 1.82) is 0 Å². The zero-order valence-electron chi connectivity index (χ0n) is 17.9. The molecule has 4 heterocycles. The second kappa shape index (κ2) is 11.1. The Kier molecular flexibility index (Phi) is 8.22. The minimum atomic E-state index is -5.08. The summed E-state index contributed by atoms with van der Waals surface area (Å²) in [6, 6.07) is 0.294. The third-order valence-corrected chi connectivity index (χ3v) is 5.93. The van der Waals surface area contributed by atoms with E-state index in [1.165, 1.54) is 11.3 Å². The highest BCUT2D eigenvalue weighted by Crippen LogP contribution is 2.26. The number of aliphatic carboxylic acids is 1. The molecule has 15 heteroatoms. The molecule has 0 spiro atoms. The lowest BCUT2D eigenvalue weighted by Gasteiger charge is -2.28. The highest BCUT2D eigenvalue weighted by molar-refractivity contribution is 7.16. The fraction of sp³-hybridized carbons (Fsp3) is 0.421. The van der Waals surface area contributed by atoms with Gasteiger partial charge in [0.1, 0.15) is 5.69 Å². The van der Waals surface area contributed by atoms with Crippen molar-refractivity contribution >= 4 is 28.9 Å². The Morgan fingerprint density at radius 1 is 1.24 bits per heavy atom. The van der Waals surface area contributed by atoms with E-state index in [9.17, 15) is 18.0 Å². The lowest BCUT2D eigenvalue weighted by atomic mass is 9.91. The fourth-order valence-electron chi connectivity index (χ4n) is 3.18. The van der Waals surface area contributed by atoms with Gasteiger partial charge < -0.3 is 15.7 Å². The number of aromatic nitrogens is 6. The van der Waals surface area contributed by atoms with Crippen molar-refractivity contribution in [2.75, 3.05) is 18.4 Å². The SMILES string of the molecule is CC(C1CCNCC1)n1cc(NC(=O)c2nnc(-c3cnccn3)s2)cn1.O=C(O)C(F)(F)F. The summed E-state index contributed by atoms with van der Waals surface area (Å²) in [6.45, 7) is 4.27. The molecule has 1 saturated heterocycles. The van der Waals surface area contributed by atoms with Gasteiger partial charge in [0.15, 0.2) is 5.01 Å². The van der Waals surface area contributed by atoms with Crippen molar-refractivity contribution in [3.05, 3.63) is 36.0 Å². The first-order valence-electron chi connectivity index (χ1n) is 10.1. The quantitative estimate of drug-likeness (QED) is 0.483. The van der Waals surface area contributed by atoms with E-state index in [-0.39, 0.29) is 10.9 Å². The van der Waals surface area contributed by atoms with E-state index in [2.05, 4.69) is 42.8 Å². The number of carboxylic acids is 1. The zero-order valence-corrected chi connectivity index (χ0v) is 18.7. The largest absolute Gasteiger partial charge is 0.490 e. The Labute approximate surface area is 195 Å². The van der Waals surface area contributed by atoms with Crippen molar-refractivity contribution in [3.63, 3.8) is 0 Å². The Morgan fingerprint density at radius 2 is 1.94 bits per heavy atom. The van der Waals surface area contributed by atoms with E-state index in [0.29, 0.717) is 28.3 Å². The van der Waals surface area contributed by atoms with Gasteiger partial charge in [-0.25, -0.2) is 4.79 Å². The van der Waals surface area contributed by atoms with Crippen LogP contribution in [0.15, 0.2) is 31.0 Å². The Morgan fingerprint density at radius 3 is 2.56 bits per heavy atom. The Balaban J connectivity index is 0.000000406. The summed E-state index contributed by atoms with van der Waals surface area (Å²) in [5.74, 6) is -2.48. The maximum atomic E-state index is 12.5. The first-order valence-corrected chi connectivity index (χ1v) is 10.9. The van der Waals surface area contributed by atoms with Crippen LogP contribution in [0.2, 0.25) is 0 Å². The molecule has 34 heavy (non-hydrogen) atoms. The van der Waals surface area contributed by atoms with Gasteiger partial charge in [0.2, 0.25) is 5.01 Å². The number of rotatable bonds is 5. The number of amides is 1. The molecule has 4 rings (SSSR count). The third kappa shape index (κ3) is 6.77. The van der Waals surface area contributed by atoms with Gasteiger partial charge in [-0.05, 0) is 38.8 Å². The molecule has 0 aromatic carbocycles. The monoisotopic (exact) mass is 498 g/mol. The number of hydrogen-bond acceptors (Lipinski definition) is 9. The van der Waals surface area contributed by atoms with Gasteiger partial charge in [-0.1, -0.05) is 11.3 Å². The van der Waals surface area contributed by atoms with E-state index in [0.717, 1.165) is 25.9 Å². The maximum Gasteiger partial charge on any atom is 0.490 e. The topological polar surface area (TPSA) is 148 Å². The van der Waals surface area contributed by atoms with Gasteiger partial charge in [0.05, 0.1) is 24.1 Å². The second-order valence-corrected chi connectivity index (χ2v) is 8.27. The molecule has 3 aromatic rings. The zero-order chi connectivity index (χ0) is 24.7. The molecule has 0 radical (unpaired) electrons. The number of carbonyl (C=O) groups is 2. The van der Waals surface area contributed by atoms with Gasteiger partial charge in [0, 0.05) is 18.6 Å². The van der Waals surface area contributed by atoms with Crippen LogP contribution in [0.5, 0.6) is 0 Å². The van der Waals surface area contributed by atoms with Crippen molar-refractivity contribution in [2.24, 2.45) is 5.92 Å². The Hall–Kier alpha value is -3.46. The minimum Gasteiger partial charge on any atom is -0.475 e. The number of hydrogen-bond donors (Lipinski definition) is 3. The van der Waals surface area contributed by atoms with Crippen molar-refractivity contribution in [3.8, 4) is 10.7 Å². The van der Waals surface area contributed by atoms with E-state index in [4.69, 9.17) is 9.90 Å². The van der Waals surface area contributed by atoms with E-state index in [1.807, 2.05) is 10.9 Å². The van der Waals surface area contributed by atoms with Crippen LogP contribution >= 0.6 is 11.3 Å². The molecule has 1 aliphatic rings. The summed E-state index contributed by atoms with van der Waals surface area (Å²) in [4.78, 5) is 29.5. The van der Waals surface area contributed by atoms with Crippen LogP contribution in [-0.2, 0) is 4.79 Å². The lowest BCUT2D eigenvalue weighted by molar-refractivity contribution is -0.192. The molecule has 1 fully saturated rings. The fourth-order valence-corrected chi connectivity index (χ4v) is 3.88. The molecule has 3 N–H and O–H groups in total.